The third kappa shape index (κ3) is 6.03. The number of hydrogen-bond acceptors (Lipinski definition) is 5. The van der Waals surface area contributed by atoms with Crippen molar-refractivity contribution in [2.24, 2.45) is 0 Å². The highest BCUT2D eigenvalue weighted by molar-refractivity contribution is 8.00. The summed E-state index contributed by atoms with van der Waals surface area (Å²) in [5.41, 5.74) is 1.29. The zero-order valence-electron chi connectivity index (χ0n) is 19.6. The summed E-state index contributed by atoms with van der Waals surface area (Å²) in [5, 5.41) is 12.5. The second-order valence-electron chi connectivity index (χ2n) is 9.04. The fourth-order valence-electron chi connectivity index (χ4n) is 3.92. The Kier molecular flexibility index (Phi) is 8.03. The normalized spacial score (nSPS) is 16.6. The molecular formula is C24H36N4O2S. The highest BCUT2D eigenvalue weighted by Gasteiger charge is 2.26. The summed E-state index contributed by atoms with van der Waals surface area (Å²) in [6.45, 7) is 12.5. The van der Waals surface area contributed by atoms with E-state index in [1.807, 2.05) is 26.0 Å². The number of hydrogen-bond donors (Lipinski definition) is 1. The fraction of sp³-hybridized carbons (Fsp3) is 0.625. The zero-order valence-corrected chi connectivity index (χ0v) is 20.4. The van der Waals surface area contributed by atoms with Crippen molar-refractivity contribution in [3.05, 3.63) is 35.7 Å². The van der Waals surface area contributed by atoms with Crippen LogP contribution in [0.25, 0.3) is 0 Å². The van der Waals surface area contributed by atoms with Gasteiger partial charge < -0.3 is 14.6 Å². The van der Waals surface area contributed by atoms with E-state index in [2.05, 4.69) is 59.9 Å². The summed E-state index contributed by atoms with van der Waals surface area (Å²) in [6, 6.07) is 8.70. The average Bonchev–Trinajstić information content (AvgIpc) is 3.38. The number of benzene rings is 1. The third-order valence-corrected chi connectivity index (χ3v) is 6.84. The molecule has 2 atom stereocenters. The van der Waals surface area contributed by atoms with Crippen LogP contribution in [0.4, 0.5) is 0 Å². The molecule has 2 aromatic rings. The van der Waals surface area contributed by atoms with Crippen LogP contribution in [-0.4, -0.2) is 32.0 Å². The van der Waals surface area contributed by atoms with Gasteiger partial charge in [0.05, 0.1) is 5.25 Å². The van der Waals surface area contributed by atoms with E-state index in [9.17, 15) is 4.79 Å². The number of rotatable bonds is 9. The number of aromatic nitrogens is 3. The molecule has 1 N–H and O–H groups in total. The summed E-state index contributed by atoms with van der Waals surface area (Å²) < 4.78 is 8.25. The Bertz CT molecular complexity index is 857. The molecule has 1 aliphatic carbocycles. The molecule has 170 valence electrons. The van der Waals surface area contributed by atoms with Crippen LogP contribution in [0.3, 0.4) is 0 Å². The maximum atomic E-state index is 12.6. The molecule has 1 saturated carbocycles. The molecule has 0 bridgehead atoms. The molecule has 0 radical (unpaired) electrons. The quantitative estimate of drug-likeness (QED) is 0.505. The van der Waals surface area contributed by atoms with Crippen LogP contribution in [0.15, 0.2) is 29.4 Å². The number of nitrogens with one attached hydrogen (secondary N) is 1. The molecule has 1 fully saturated rings. The van der Waals surface area contributed by atoms with Crippen molar-refractivity contribution in [2.45, 2.75) is 102 Å². The smallest absolute Gasteiger partial charge is 0.233 e. The van der Waals surface area contributed by atoms with E-state index < -0.39 is 0 Å². The molecule has 1 aromatic carbocycles. The van der Waals surface area contributed by atoms with Crippen molar-refractivity contribution in [3.63, 3.8) is 0 Å². The Balaban J connectivity index is 1.69. The molecule has 1 heterocycles. The Morgan fingerprint density at radius 3 is 2.29 bits per heavy atom. The molecular weight excluding hydrogens is 408 g/mol. The first-order valence-electron chi connectivity index (χ1n) is 11.4. The summed E-state index contributed by atoms with van der Waals surface area (Å²) in [5.74, 6) is 2.15. The number of nitrogens with zero attached hydrogens (tertiary/aromatic N) is 3. The highest BCUT2D eigenvalue weighted by Crippen LogP contribution is 2.30. The van der Waals surface area contributed by atoms with E-state index >= 15 is 0 Å². The van der Waals surface area contributed by atoms with Crippen molar-refractivity contribution in [1.82, 2.24) is 20.1 Å². The molecule has 3 rings (SSSR count). The number of thioether (sulfide) groups is 1. The lowest BCUT2D eigenvalue weighted by molar-refractivity contribution is -0.120. The van der Waals surface area contributed by atoms with E-state index in [0.29, 0.717) is 12.0 Å². The van der Waals surface area contributed by atoms with Crippen LogP contribution in [0, 0.1) is 0 Å². The van der Waals surface area contributed by atoms with E-state index in [0.717, 1.165) is 29.6 Å². The molecule has 0 spiro atoms. The largest absolute Gasteiger partial charge is 0.483 e. The Hall–Kier alpha value is -2.02. The van der Waals surface area contributed by atoms with Crippen molar-refractivity contribution >= 4 is 17.7 Å². The van der Waals surface area contributed by atoms with Crippen LogP contribution in [0.5, 0.6) is 5.75 Å². The lowest BCUT2D eigenvalue weighted by atomic mass is 10.0. The second kappa shape index (κ2) is 10.5. The van der Waals surface area contributed by atoms with Gasteiger partial charge in [0.15, 0.2) is 17.1 Å². The van der Waals surface area contributed by atoms with Gasteiger partial charge in [-0.3, -0.25) is 4.79 Å². The molecule has 6 nitrogen and oxygen atoms in total. The van der Waals surface area contributed by atoms with Crippen LogP contribution in [0.2, 0.25) is 0 Å². The first kappa shape index (κ1) is 23.6. The Labute approximate surface area is 190 Å². The molecule has 31 heavy (non-hydrogen) atoms. The first-order chi connectivity index (χ1) is 14.8. The van der Waals surface area contributed by atoms with Crippen molar-refractivity contribution < 1.29 is 9.53 Å². The van der Waals surface area contributed by atoms with Gasteiger partial charge in [-0.1, -0.05) is 50.6 Å². The fourth-order valence-corrected chi connectivity index (χ4v) is 4.92. The zero-order chi connectivity index (χ0) is 22.5. The SMILES string of the molecule is CC(Sc1nnc(C(C)Oc2ccc(C(C)C)cc2)n1C(C)C)C(=O)NC1CCCC1. The predicted molar refractivity (Wildman–Crippen MR) is 126 cm³/mol. The molecule has 2 unspecified atom stereocenters. The molecule has 0 saturated heterocycles. The average molecular weight is 445 g/mol. The molecule has 7 heteroatoms. The van der Waals surface area contributed by atoms with Gasteiger partial charge in [0.1, 0.15) is 5.75 Å². The molecule has 1 amide bonds. The van der Waals surface area contributed by atoms with Gasteiger partial charge in [-0.05, 0) is 64.2 Å². The minimum Gasteiger partial charge on any atom is -0.483 e. The maximum Gasteiger partial charge on any atom is 0.233 e. The Morgan fingerprint density at radius 2 is 1.71 bits per heavy atom. The van der Waals surface area contributed by atoms with Gasteiger partial charge in [-0.15, -0.1) is 10.2 Å². The number of ether oxygens (including phenoxy) is 1. The second-order valence-corrected chi connectivity index (χ2v) is 10.3. The minimum absolute atomic E-state index is 0.0753. The van der Waals surface area contributed by atoms with Gasteiger partial charge >= 0.3 is 0 Å². The Morgan fingerprint density at radius 1 is 1.06 bits per heavy atom. The van der Waals surface area contributed by atoms with E-state index in [1.54, 1.807) is 0 Å². The van der Waals surface area contributed by atoms with Crippen molar-refractivity contribution in [2.75, 3.05) is 0 Å². The summed E-state index contributed by atoms with van der Waals surface area (Å²) in [6.07, 6.45) is 4.33. The van der Waals surface area contributed by atoms with Gasteiger partial charge in [-0.2, -0.15) is 0 Å². The van der Waals surface area contributed by atoms with Crippen LogP contribution < -0.4 is 10.1 Å². The van der Waals surface area contributed by atoms with E-state index in [1.165, 1.54) is 30.2 Å². The van der Waals surface area contributed by atoms with Gasteiger partial charge in [-0.25, -0.2) is 0 Å². The number of carbonyl (C=O) groups is 1. The lowest BCUT2D eigenvalue weighted by Gasteiger charge is -2.20. The molecule has 1 aliphatic rings. The summed E-state index contributed by atoms with van der Waals surface area (Å²) in [7, 11) is 0. The predicted octanol–water partition coefficient (Wildman–Crippen LogP) is 5.66. The molecule has 0 aliphatic heterocycles. The number of amides is 1. The van der Waals surface area contributed by atoms with Crippen LogP contribution in [0.1, 0.15) is 96.7 Å². The van der Waals surface area contributed by atoms with Crippen molar-refractivity contribution in [3.8, 4) is 5.75 Å². The summed E-state index contributed by atoms with van der Waals surface area (Å²) >= 11 is 1.46. The number of carbonyl (C=O) groups excluding carboxylic acids is 1. The monoisotopic (exact) mass is 444 g/mol. The minimum atomic E-state index is -0.253. The topological polar surface area (TPSA) is 69.0 Å². The lowest BCUT2D eigenvalue weighted by Crippen LogP contribution is -2.37. The van der Waals surface area contributed by atoms with E-state index in [4.69, 9.17) is 4.74 Å². The van der Waals surface area contributed by atoms with E-state index in [-0.39, 0.29) is 23.3 Å². The molecule has 1 aromatic heterocycles. The van der Waals surface area contributed by atoms with Gasteiger partial charge in [0.2, 0.25) is 5.91 Å². The summed E-state index contributed by atoms with van der Waals surface area (Å²) in [4.78, 5) is 12.6. The van der Waals surface area contributed by atoms with Gasteiger partial charge in [0, 0.05) is 12.1 Å². The van der Waals surface area contributed by atoms with Crippen LogP contribution >= 0.6 is 11.8 Å². The first-order valence-corrected chi connectivity index (χ1v) is 12.3. The van der Waals surface area contributed by atoms with Crippen molar-refractivity contribution in [1.29, 1.82) is 0 Å². The third-order valence-electron chi connectivity index (χ3n) is 5.78. The maximum absolute atomic E-state index is 12.6. The van der Waals surface area contributed by atoms with Gasteiger partial charge in [0.25, 0.3) is 0 Å². The van der Waals surface area contributed by atoms with Crippen LogP contribution in [-0.2, 0) is 4.79 Å². The highest BCUT2D eigenvalue weighted by atomic mass is 32.2. The standard InChI is InChI=1S/C24H36N4O2S/c1-15(2)19-11-13-21(14-12-19)30-17(5)22-26-27-24(28(22)16(3)4)31-18(6)23(29)25-20-9-7-8-10-20/h11-18,20H,7-10H2,1-6H3,(H,25,29).